The van der Waals surface area contributed by atoms with E-state index in [0.29, 0.717) is 18.2 Å². The van der Waals surface area contributed by atoms with E-state index >= 15 is 0 Å². The summed E-state index contributed by atoms with van der Waals surface area (Å²) in [7, 11) is 0. The topological polar surface area (TPSA) is 24.5 Å². The van der Waals surface area contributed by atoms with Crippen LogP contribution in [0.15, 0.2) is 0 Å². The van der Waals surface area contributed by atoms with E-state index in [1.165, 1.54) is 19.3 Å². The van der Waals surface area contributed by atoms with Gasteiger partial charge in [0.1, 0.15) is 0 Å². The first-order chi connectivity index (χ1) is 8.19. The fourth-order valence-corrected chi connectivity index (χ4v) is 2.51. The van der Waals surface area contributed by atoms with Crippen molar-refractivity contribution in [1.82, 2.24) is 10.2 Å². The maximum Gasteiger partial charge on any atom is 0.0726 e. The summed E-state index contributed by atoms with van der Waals surface area (Å²) in [5.41, 5.74) is 0. The van der Waals surface area contributed by atoms with Crippen LogP contribution in [-0.2, 0) is 4.74 Å². The van der Waals surface area contributed by atoms with E-state index in [1.54, 1.807) is 0 Å². The molecule has 0 radical (unpaired) electrons. The molecule has 0 amide bonds. The molecule has 0 aliphatic carbocycles. The molecule has 1 heterocycles. The van der Waals surface area contributed by atoms with Crippen molar-refractivity contribution in [2.75, 3.05) is 26.2 Å². The standard InChI is InChI=1S/C14H30N2O/c1-5-12(3)16(6-2)10-9-15-13(4)14-8-7-11-17-14/h12-15H,5-11H2,1-4H3. The molecule has 1 N–H and O–H groups in total. The van der Waals surface area contributed by atoms with Crippen LogP contribution in [0, 0.1) is 0 Å². The third-order valence-corrected chi connectivity index (χ3v) is 4.01. The van der Waals surface area contributed by atoms with Gasteiger partial charge in [-0.3, -0.25) is 4.90 Å². The molecule has 0 aromatic heterocycles. The lowest BCUT2D eigenvalue weighted by atomic mass is 10.1. The average Bonchev–Trinajstić information content (AvgIpc) is 2.87. The zero-order valence-corrected chi connectivity index (χ0v) is 12.0. The number of hydrogen-bond donors (Lipinski definition) is 1. The Hall–Kier alpha value is -0.120. The fourth-order valence-electron chi connectivity index (χ4n) is 2.51. The van der Waals surface area contributed by atoms with Crippen molar-refractivity contribution in [3.8, 4) is 0 Å². The van der Waals surface area contributed by atoms with Gasteiger partial charge in [-0.1, -0.05) is 13.8 Å². The summed E-state index contributed by atoms with van der Waals surface area (Å²) < 4.78 is 5.69. The van der Waals surface area contributed by atoms with Gasteiger partial charge >= 0.3 is 0 Å². The monoisotopic (exact) mass is 242 g/mol. The highest BCUT2D eigenvalue weighted by atomic mass is 16.5. The van der Waals surface area contributed by atoms with E-state index in [9.17, 15) is 0 Å². The molecule has 0 spiro atoms. The summed E-state index contributed by atoms with van der Waals surface area (Å²) in [4.78, 5) is 2.54. The van der Waals surface area contributed by atoms with E-state index in [2.05, 4.69) is 37.9 Å². The van der Waals surface area contributed by atoms with Crippen molar-refractivity contribution in [2.45, 2.75) is 65.1 Å². The van der Waals surface area contributed by atoms with Crippen LogP contribution >= 0.6 is 0 Å². The smallest absolute Gasteiger partial charge is 0.0726 e. The molecule has 1 aliphatic heterocycles. The van der Waals surface area contributed by atoms with Crippen LogP contribution in [0.5, 0.6) is 0 Å². The van der Waals surface area contributed by atoms with Crippen LogP contribution in [0.3, 0.4) is 0 Å². The minimum absolute atomic E-state index is 0.439. The van der Waals surface area contributed by atoms with Gasteiger partial charge in [-0.05, 0) is 39.7 Å². The molecular formula is C14H30N2O. The zero-order chi connectivity index (χ0) is 12.7. The van der Waals surface area contributed by atoms with Gasteiger partial charge in [0, 0.05) is 31.8 Å². The van der Waals surface area contributed by atoms with Crippen molar-refractivity contribution in [3.05, 3.63) is 0 Å². The lowest BCUT2D eigenvalue weighted by Gasteiger charge is -2.28. The third-order valence-electron chi connectivity index (χ3n) is 4.01. The fraction of sp³-hybridized carbons (Fsp3) is 1.00. The minimum atomic E-state index is 0.439. The minimum Gasteiger partial charge on any atom is -0.377 e. The molecule has 1 aliphatic rings. The summed E-state index contributed by atoms with van der Waals surface area (Å²) in [6, 6.07) is 1.19. The van der Waals surface area contributed by atoms with Crippen molar-refractivity contribution >= 4 is 0 Å². The second kappa shape index (κ2) is 8.06. The maximum atomic E-state index is 5.69. The number of rotatable bonds is 8. The van der Waals surface area contributed by atoms with E-state index in [4.69, 9.17) is 4.74 Å². The van der Waals surface area contributed by atoms with Crippen molar-refractivity contribution in [1.29, 1.82) is 0 Å². The molecule has 0 saturated carbocycles. The van der Waals surface area contributed by atoms with Crippen molar-refractivity contribution in [3.63, 3.8) is 0 Å². The van der Waals surface area contributed by atoms with Crippen LogP contribution in [0.2, 0.25) is 0 Å². The van der Waals surface area contributed by atoms with Gasteiger partial charge < -0.3 is 10.1 Å². The number of nitrogens with zero attached hydrogens (tertiary/aromatic N) is 1. The Bertz CT molecular complexity index is 193. The molecule has 1 rings (SSSR count). The molecule has 17 heavy (non-hydrogen) atoms. The van der Waals surface area contributed by atoms with Gasteiger partial charge in [0.15, 0.2) is 0 Å². The molecule has 3 atom stereocenters. The molecule has 3 nitrogen and oxygen atoms in total. The Balaban J connectivity index is 2.16. The molecule has 3 unspecified atom stereocenters. The summed E-state index contributed by atoms with van der Waals surface area (Å²) in [5.74, 6) is 0. The van der Waals surface area contributed by atoms with E-state index in [-0.39, 0.29) is 0 Å². The Morgan fingerprint density at radius 3 is 2.65 bits per heavy atom. The predicted octanol–water partition coefficient (Wildman–Crippen LogP) is 2.26. The highest BCUT2D eigenvalue weighted by Gasteiger charge is 2.21. The van der Waals surface area contributed by atoms with Crippen LogP contribution in [0.1, 0.15) is 47.0 Å². The highest BCUT2D eigenvalue weighted by Crippen LogP contribution is 2.15. The molecule has 1 saturated heterocycles. The molecule has 102 valence electrons. The van der Waals surface area contributed by atoms with Crippen LogP contribution in [-0.4, -0.2) is 49.3 Å². The van der Waals surface area contributed by atoms with E-state index < -0.39 is 0 Å². The van der Waals surface area contributed by atoms with Crippen molar-refractivity contribution < 1.29 is 4.74 Å². The zero-order valence-electron chi connectivity index (χ0n) is 12.0. The first-order valence-electron chi connectivity index (χ1n) is 7.28. The average molecular weight is 242 g/mol. The molecule has 1 fully saturated rings. The lowest BCUT2D eigenvalue weighted by molar-refractivity contribution is 0.0820. The van der Waals surface area contributed by atoms with Crippen LogP contribution in [0.25, 0.3) is 0 Å². The number of nitrogens with one attached hydrogen (secondary N) is 1. The molecule has 0 bridgehead atoms. The van der Waals surface area contributed by atoms with Gasteiger partial charge in [0.25, 0.3) is 0 Å². The van der Waals surface area contributed by atoms with Gasteiger partial charge in [0.2, 0.25) is 0 Å². The summed E-state index contributed by atoms with van der Waals surface area (Å²) in [6.07, 6.45) is 4.12. The van der Waals surface area contributed by atoms with Gasteiger partial charge in [-0.2, -0.15) is 0 Å². The second-order valence-electron chi connectivity index (χ2n) is 5.18. The highest BCUT2D eigenvalue weighted by molar-refractivity contribution is 4.77. The quantitative estimate of drug-likeness (QED) is 0.706. The number of ether oxygens (including phenoxy) is 1. The maximum absolute atomic E-state index is 5.69. The van der Waals surface area contributed by atoms with Gasteiger partial charge in [-0.25, -0.2) is 0 Å². The Morgan fingerprint density at radius 2 is 2.12 bits per heavy atom. The molecule has 0 aromatic carbocycles. The Kier molecular flexibility index (Phi) is 7.09. The summed E-state index contributed by atoms with van der Waals surface area (Å²) in [5, 5.41) is 3.60. The SMILES string of the molecule is CCC(C)N(CC)CCNC(C)C1CCCO1. The van der Waals surface area contributed by atoms with E-state index in [1.807, 2.05) is 0 Å². The van der Waals surface area contributed by atoms with Crippen molar-refractivity contribution in [2.24, 2.45) is 0 Å². The van der Waals surface area contributed by atoms with Gasteiger partial charge in [-0.15, -0.1) is 0 Å². The Morgan fingerprint density at radius 1 is 1.35 bits per heavy atom. The van der Waals surface area contributed by atoms with Crippen LogP contribution < -0.4 is 5.32 Å². The predicted molar refractivity (Wildman–Crippen MR) is 73.4 cm³/mol. The lowest BCUT2D eigenvalue weighted by Crippen LogP contribution is -2.43. The van der Waals surface area contributed by atoms with Crippen LogP contribution in [0.4, 0.5) is 0 Å². The molecule has 3 heteroatoms. The first-order valence-corrected chi connectivity index (χ1v) is 7.28. The van der Waals surface area contributed by atoms with Gasteiger partial charge in [0.05, 0.1) is 6.10 Å². The molecular weight excluding hydrogens is 212 g/mol. The third kappa shape index (κ3) is 4.94. The van der Waals surface area contributed by atoms with E-state index in [0.717, 1.165) is 26.2 Å². The summed E-state index contributed by atoms with van der Waals surface area (Å²) >= 11 is 0. The summed E-state index contributed by atoms with van der Waals surface area (Å²) in [6.45, 7) is 13.4. The second-order valence-corrected chi connectivity index (χ2v) is 5.18. The number of hydrogen-bond acceptors (Lipinski definition) is 3. The molecule has 0 aromatic rings. The first kappa shape index (κ1) is 14.9. The largest absolute Gasteiger partial charge is 0.377 e. The Labute approximate surface area is 107 Å². The number of likely N-dealkylation sites (N-methyl/N-ethyl adjacent to an activating group) is 1. The normalized spacial score (nSPS) is 24.2.